The van der Waals surface area contributed by atoms with E-state index in [0.29, 0.717) is 6.42 Å². The maximum absolute atomic E-state index is 12.5. The third-order valence-electron chi connectivity index (χ3n) is 3.35. The van der Waals surface area contributed by atoms with Gasteiger partial charge in [0.1, 0.15) is 0 Å². The van der Waals surface area contributed by atoms with Gasteiger partial charge in [-0.05, 0) is 48.2 Å². The third kappa shape index (κ3) is 4.08. The molecule has 2 rings (SSSR count). The Morgan fingerprint density at radius 1 is 1.10 bits per heavy atom. The van der Waals surface area contributed by atoms with Crippen molar-refractivity contribution < 1.29 is 13.2 Å². The second kappa shape index (κ2) is 6.20. The van der Waals surface area contributed by atoms with E-state index in [1.165, 1.54) is 12.1 Å². The van der Waals surface area contributed by atoms with E-state index in [2.05, 4.69) is 15.9 Å². The molecule has 2 aromatic rings. The van der Waals surface area contributed by atoms with Gasteiger partial charge in [0.25, 0.3) is 0 Å². The van der Waals surface area contributed by atoms with Crippen molar-refractivity contribution in [3.8, 4) is 0 Å². The summed E-state index contributed by atoms with van der Waals surface area (Å²) in [5, 5.41) is 0. The van der Waals surface area contributed by atoms with Crippen LogP contribution in [0.3, 0.4) is 0 Å². The molecule has 0 spiro atoms. The number of benzene rings is 2. The standard InChI is InChI=1S/C16H15BrF3N/c1-10-8-12(4-7-14(10)17)15(21)9-11-2-5-13(6-3-11)16(18,19)20/h2-8,15H,9,21H2,1H3. The van der Waals surface area contributed by atoms with Gasteiger partial charge in [0.05, 0.1) is 5.56 Å². The van der Waals surface area contributed by atoms with Gasteiger partial charge in [0.2, 0.25) is 0 Å². The lowest BCUT2D eigenvalue weighted by Gasteiger charge is -2.14. The third-order valence-corrected chi connectivity index (χ3v) is 4.24. The molecule has 0 amide bonds. The lowest BCUT2D eigenvalue weighted by Crippen LogP contribution is -2.14. The molecule has 112 valence electrons. The van der Waals surface area contributed by atoms with E-state index in [9.17, 15) is 13.2 Å². The van der Waals surface area contributed by atoms with Crippen LogP contribution in [-0.2, 0) is 12.6 Å². The van der Waals surface area contributed by atoms with Gasteiger partial charge in [-0.1, -0.05) is 40.2 Å². The van der Waals surface area contributed by atoms with Crippen LogP contribution >= 0.6 is 15.9 Å². The first kappa shape index (κ1) is 16.0. The minimum absolute atomic E-state index is 0.242. The molecule has 0 aliphatic carbocycles. The van der Waals surface area contributed by atoms with Gasteiger partial charge in [0.15, 0.2) is 0 Å². The van der Waals surface area contributed by atoms with E-state index >= 15 is 0 Å². The van der Waals surface area contributed by atoms with Gasteiger partial charge in [0, 0.05) is 10.5 Å². The van der Waals surface area contributed by atoms with Crippen LogP contribution in [0, 0.1) is 6.92 Å². The summed E-state index contributed by atoms with van der Waals surface area (Å²) < 4.78 is 38.5. The first-order valence-corrected chi connectivity index (χ1v) is 7.24. The second-order valence-corrected chi connectivity index (χ2v) is 5.87. The fourth-order valence-corrected chi connectivity index (χ4v) is 2.35. The minimum Gasteiger partial charge on any atom is -0.324 e. The number of aryl methyl sites for hydroxylation is 1. The average molecular weight is 358 g/mol. The van der Waals surface area contributed by atoms with Crippen molar-refractivity contribution in [1.29, 1.82) is 0 Å². The molecule has 0 aliphatic rings. The zero-order chi connectivity index (χ0) is 15.6. The molecule has 0 bridgehead atoms. The Labute approximate surface area is 130 Å². The van der Waals surface area contributed by atoms with Crippen molar-refractivity contribution in [3.63, 3.8) is 0 Å². The highest BCUT2D eigenvalue weighted by molar-refractivity contribution is 9.10. The highest BCUT2D eigenvalue weighted by Crippen LogP contribution is 2.29. The van der Waals surface area contributed by atoms with E-state index in [1.54, 1.807) is 0 Å². The topological polar surface area (TPSA) is 26.0 Å². The van der Waals surface area contributed by atoms with E-state index in [1.807, 2.05) is 25.1 Å². The van der Waals surface area contributed by atoms with Crippen LogP contribution < -0.4 is 5.73 Å². The molecule has 1 atom stereocenters. The zero-order valence-corrected chi connectivity index (χ0v) is 13.0. The predicted octanol–water partition coefficient (Wildman–Crippen LogP) is 5.02. The second-order valence-electron chi connectivity index (χ2n) is 5.01. The van der Waals surface area contributed by atoms with Crippen molar-refractivity contribution in [2.24, 2.45) is 5.73 Å². The molecule has 1 nitrogen and oxygen atoms in total. The van der Waals surface area contributed by atoms with Crippen LogP contribution in [0.15, 0.2) is 46.9 Å². The van der Waals surface area contributed by atoms with E-state index in [-0.39, 0.29) is 6.04 Å². The molecule has 2 aromatic carbocycles. The monoisotopic (exact) mass is 357 g/mol. The van der Waals surface area contributed by atoms with E-state index in [0.717, 1.165) is 33.3 Å². The van der Waals surface area contributed by atoms with Crippen molar-refractivity contribution in [1.82, 2.24) is 0 Å². The Morgan fingerprint density at radius 2 is 1.71 bits per heavy atom. The number of hydrogen-bond donors (Lipinski definition) is 1. The van der Waals surface area contributed by atoms with Gasteiger partial charge in [-0.2, -0.15) is 13.2 Å². The van der Waals surface area contributed by atoms with E-state index in [4.69, 9.17) is 5.73 Å². The average Bonchev–Trinajstić information content (AvgIpc) is 2.41. The SMILES string of the molecule is Cc1cc(C(N)Cc2ccc(C(F)(F)F)cc2)ccc1Br. The van der Waals surface area contributed by atoms with Crippen LogP contribution in [0.2, 0.25) is 0 Å². The molecule has 0 heterocycles. The Morgan fingerprint density at radius 3 is 2.24 bits per heavy atom. The molecule has 5 heteroatoms. The highest BCUT2D eigenvalue weighted by atomic mass is 79.9. The number of nitrogens with two attached hydrogens (primary N) is 1. The fraction of sp³-hybridized carbons (Fsp3) is 0.250. The summed E-state index contributed by atoms with van der Waals surface area (Å²) in [6, 6.07) is 10.7. The first-order chi connectivity index (χ1) is 9.77. The minimum atomic E-state index is -4.30. The number of halogens is 4. The van der Waals surface area contributed by atoms with Crippen molar-refractivity contribution in [2.45, 2.75) is 25.6 Å². The Hall–Kier alpha value is -1.33. The Balaban J connectivity index is 2.12. The summed E-state index contributed by atoms with van der Waals surface area (Å²) in [6.45, 7) is 1.97. The molecule has 0 aliphatic heterocycles. The van der Waals surface area contributed by atoms with Gasteiger partial charge >= 0.3 is 6.18 Å². The Kier molecular flexibility index (Phi) is 4.74. The smallest absolute Gasteiger partial charge is 0.324 e. The molecule has 0 fully saturated rings. The summed E-state index contributed by atoms with van der Waals surface area (Å²) >= 11 is 3.42. The largest absolute Gasteiger partial charge is 0.416 e. The summed E-state index contributed by atoms with van der Waals surface area (Å²) in [4.78, 5) is 0. The lowest BCUT2D eigenvalue weighted by molar-refractivity contribution is -0.137. The van der Waals surface area contributed by atoms with Crippen molar-refractivity contribution in [3.05, 3.63) is 69.2 Å². The van der Waals surface area contributed by atoms with Crippen LogP contribution in [0.4, 0.5) is 13.2 Å². The molecular weight excluding hydrogens is 343 g/mol. The number of alkyl halides is 3. The summed E-state index contributed by atoms with van der Waals surface area (Å²) in [6.07, 6.45) is -3.80. The molecule has 0 radical (unpaired) electrons. The van der Waals surface area contributed by atoms with Gasteiger partial charge in [-0.25, -0.2) is 0 Å². The summed E-state index contributed by atoms with van der Waals surface area (Å²) in [5.74, 6) is 0. The molecule has 0 aromatic heterocycles. The zero-order valence-electron chi connectivity index (χ0n) is 11.4. The maximum Gasteiger partial charge on any atom is 0.416 e. The fourth-order valence-electron chi connectivity index (χ4n) is 2.10. The molecule has 21 heavy (non-hydrogen) atoms. The highest BCUT2D eigenvalue weighted by Gasteiger charge is 2.29. The number of rotatable bonds is 3. The first-order valence-electron chi connectivity index (χ1n) is 6.45. The van der Waals surface area contributed by atoms with Gasteiger partial charge < -0.3 is 5.73 Å². The molecular formula is C16H15BrF3N. The van der Waals surface area contributed by atoms with Crippen LogP contribution in [0.1, 0.15) is 28.3 Å². The maximum atomic E-state index is 12.5. The quantitative estimate of drug-likeness (QED) is 0.819. The van der Waals surface area contributed by atoms with Gasteiger partial charge in [-0.3, -0.25) is 0 Å². The van der Waals surface area contributed by atoms with Crippen molar-refractivity contribution >= 4 is 15.9 Å². The normalized spacial score (nSPS) is 13.2. The van der Waals surface area contributed by atoms with Gasteiger partial charge in [-0.15, -0.1) is 0 Å². The lowest BCUT2D eigenvalue weighted by atomic mass is 9.98. The Bertz CT molecular complexity index is 620. The summed E-state index contributed by atoms with van der Waals surface area (Å²) in [7, 11) is 0. The summed E-state index contributed by atoms with van der Waals surface area (Å²) in [5.41, 5.74) is 8.33. The molecule has 0 saturated heterocycles. The van der Waals surface area contributed by atoms with Crippen molar-refractivity contribution in [2.75, 3.05) is 0 Å². The van der Waals surface area contributed by atoms with Crippen LogP contribution in [0.5, 0.6) is 0 Å². The van der Waals surface area contributed by atoms with Crippen LogP contribution in [-0.4, -0.2) is 0 Å². The van der Waals surface area contributed by atoms with E-state index < -0.39 is 11.7 Å². The molecule has 1 unspecified atom stereocenters. The van der Waals surface area contributed by atoms with Crippen LogP contribution in [0.25, 0.3) is 0 Å². The molecule has 0 saturated carbocycles. The molecule has 2 N–H and O–H groups in total. The number of hydrogen-bond acceptors (Lipinski definition) is 1. The predicted molar refractivity (Wildman–Crippen MR) is 81.0 cm³/mol.